The molecule has 1 N–H and O–H groups in total. The van der Waals surface area contributed by atoms with Gasteiger partial charge in [0.25, 0.3) is 0 Å². The lowest BCUT2D eigenvalue weighted by Gasteiger charge is -1.98. The van der Waals surface area contributed by atoms with E-state index in [9.17, 15) is 4.79 Å². The van der Waals surface area contributed by atoms with E-state index in [1.807, 2.05) is 18.2 Å². The molecule has 98 valence electrons. The first-order valence-electron chi connectivity index (χ1n) is 5.67. The molecule has 0 radical (unpaired) electrons. The van der Waals surface area contributed by atoms with Crippen molar-refractivity contribution >= 4 is 17.5 Å². The minimum Gasteiger partial charge on any atom is -0.454 e. The van der Waals surface area contributed by atoms with Crippen LogP contribution in [0.5, 0.6) is 11.5 Å². The van der Waals surface area contributed by atoms with Gasteiger partial charge < -0.3 is 9.47 Å². The van der Waals surface area contributed by atoms with Gasteiger partial charge in [0.15, 0.2) is 17.3 Å². The Morgan fingerprint density at radius 3 is 3.11 bits per heavy atom. The summed E-state index contributed by atoms with van der Waals surface area (Å²) in [4.78, 5) is 15.2. The number of Topliss-reactive ketones (excluding diaryl/α,β-unsaturated/α-hetero) is 1. The Morgan fingerprint density at radius 2 is 2.26 bits per heavy atom. The summed E-state index contributed by atoms with van der Waals surface area (Å²) in [5, 5.41) is 7.47. The van der Waals surface area contributed by atoms with Crippen LogP contribution in [0, 0.1) is 0 Å². The fraction of sp³-hybridized carbons (Fsp3) is 0.250. The molecule has 0 saturated heterocycles. The van der Waals surface area contributed by atoms with Crippen LogP contribution in [0.3, 0.4) is 0 Å². The Kier molecular flexibility index (Phi) is 3.12. The Labute approximate surface area is 113 Å². The van der Waals surface area contributed by atoms with Crippen molar-refractivity contribution in [2.24, 2.45) is 0 Å². The number of aromatic amines is 1. The molecule has 19 heavy (non-hydrogen) atoms. The second-order valence-electron chi connectivity index (χ2n) is 4.03. The first kappa shape index (κ1) is 12.0. The highest BCUT2D eigenvalue weighted by molar-refractivity contribution is 7.99. The van der Waals surface area contributed by atoms with E-state index in [1.165, 1.54) is 11.8 Å². The number of hydrogen-bond donors (Lipinski definition) is 1. The molecule has 1 aliphatic heterocycles. The highest BCUT2D eigenvalue weighted by Crippen LogP contribution is 2.35. The van der Waals surface area contributed by atoms with E-state index in [-0.39, 0.29) is 12.6 Å². The van der Waals surface area contributed by atoms with E-state index >= 15 is 0 Å². The van der Waals surface area contributed by atoms with Gasteiger partial charge >= 0.3 is 0 Å². The number of ether oxygens (including phenoxy) is 2. The number of aromatic nitrogens is 3. The molecule has 6 nitrogen and oxygen atoms in total. The van der Waals surface area contributed by atoms with Gasteiger partial charge in [0.2, 0.25) is 11.9 Å². The van der Waals surface area contributed by atoms with Crippen molar-refractivity contribution < 1.29 is 14.3 Å². The van der Waals surface area contributed by atoms with E-state index in [0.717, 1.165) is 11.3 Å². The molecule has 0 fully saturated rings. The van der Waals surface area contributed by atoms with Crippen molar-refractivity contribution in [1.29, 1.82) is 0 Å². The van der Waals surface area contributed by atoms with Gasteiger partial charge in [-0.2, -0.15) is 0 Å². The number of benzene rings is 1. The van der Waals surface area contributed by atoms with E-state index in [2.05, 4.69) is 15.2 Å². The zero-order valence-electron chi connectivity index (χ0n) is 10.2. The maximum atomic E-state index is 10.9. The van der Waals surface area contributed by atoms with Crippen LogP contribution >= 0.6 is 11.8 Å². The van der Waals surface area contributed by atoms with E-state index in [1.54, 1.807) is 6.92 Å². The molecule has 1 aromatic carbocycles. The highest BCUT2D eigenvalue weighted by Gasteiger charge is 2.15. The number of hydrogen-bond acceptors (Lipinski definition) is 6. The molecule has 7 heteroatoms. The van der Waals surface area contributed by atoms with Gasteiger partial charge in [0.05, 0.1) is 5.75 Å². The number of H-pyrrole nitrogens is 1. The number of carbonyl (C=O) groups excluding carboxylic acids is 1. The lowest BCUT2D eigenvalue weighted by molar-refractivity contribution is -0.114. The van der Waals surface area contributed by atoms with Gasteiger partial charge in [0.1, 0.15) is 5.78 Å². The normalized spacial score (nSPS) is 12.7. The number of carbonyl (C=O) groups is 1. The number of ketones is 1. The van der Waals surface area contributed by atoms with Crippen LogP contribution < -0.4 is 9.47 Å². The van der Waals surface area contributed by atoms with Gasteiger partial charge in [-0.25, -0.2) is 4.98 Å². The summed E-state index contributed by atoms with van der Waals surface area (Å²) in [6.07, 6.45) is 0. The summed E-state index contributed by atoms with van der Waals surface area (Å²) < 4.78 is 10.6. The van der Waals surface area contributed by atoms with Gasteiger partial charge in [-0.1, -0.05) is 11.8 Å². The SMILES string of the molecule is CC(=O)CSc1n[nH]c(-c2ccc3c(c2)OCO3)n1. The number of rotatable bonds is 4. The molecule has 0 atom stereocenters. The van der Waals surface area contributed by atoms with Gasteiger partial charge in [-0.3, -0.25) is 9.89 Å². The molecular formula is C12H11N3O3S. The molecule has 1 aromatic heterocycles. The molecule has 0 amide bonds. The average molecular weight is 277 g/mol. The second kappa shape index (κ2) is 4.93. The van der Waals surface area contributed by atoms with E-state index < -0.39 is 0 Å². The Hall–Kier alpha value is -2.02. The largest absolute Gasteiger partial charge is 0.454 e. The minimum absolute atomic E-state index is 0.0967. The predicted molar refractivity (Wildman–Crippen MR) is 69.3 cm³/mol. The molecule has 3 rings (SSSR count). The monoisotopic (exact) mass is 277 g/mol. The molecule has 2 aromatic rings. The molecule has 0 aliphatic carbocycles. The van der Waals surface area contributed by atoms with E-state index in [0.29, 0.717) is 22.5 Å². The van der Waals surface area contributed by atoms with Crippen LogP contribution in [-0.4, -0.2) is 33.5 Å². The lowest BCUT2D eigenvalue weighted by Crippen LogP contribution is -1.93. The molecule has 0 spiro atoms. The van der Waals surface area contributed by atoms with Crippen molar-refractivity contribution in [1.82, 2.24) is 15.2 Å². The fourth-order valence-corrected chi connectivity index (χ4v) is 2.25. The van der Waals surface area contributed by atoms with Crippen LogP contribution in [0.15, 0.2) is 23.4 Å². The average Bonchev–Trinajstić information content (AvgIpc) is 3.04. The smallest absolute Gasteiger partial charge is 0.231 e. The zero-order valence-corrected chi connectivity index (χ0v) is 11.0. The van der Waals surface area contributed by atoms with Crippen LogP contribution in [0.25, 0.3) is 11.4 Å². The first-order valence-corrected chi connectivity index (χ1v) is 6.65. The minimum atomic E-state index is 0.0967. The highest BCUT2D eigenvalue weighted by atomic mass is 32.2. The van der Waals surface area contributed by atoms with Crippen LogP contribution in [-0.2, 0) is 4.79 Å². The summed E-state index contributed by atoms with van der Waals surface area (Å²) in [6, 6.07) is 5.57. The van der Waals surface area contributed by atoms with E-state index in [4.69, 9.17) is 9.47 Å². The topological polar surface area (TPSA) is 77.1 Å². The maximum absolute atomic E-state index is 10.9. The quantitative estimate of drug-likeness (QED) is 0.860. The van der Waals surface area contributed by atoms with Crippen molar-refractivity contribution in [2.75, 3.05) is 12.5 Å². The number of nitrogens with one attached hydrogen (secondary N) is 1. The molecule has 1 aliphatic rings. The van der Waals surface area contributed by atoms with Gasteiger partial charge in [-0.05, 0) is 25.1 Å². The van der Waals surface area contributed by atoms with Crippen molar-refractivity contribution in [2.45, 2.75) is 12.1 Å². The lowest BCUT2D eigenvalue weighted by atomic mass is 10.2. The van der Waals surface area contributed by atoms with Crippen LogP contribution in [0.1, 0.15) is 6.92 Å². The van der Waals surface area contributed by atoms with Crippen molar-refractivity contribution in [3.8, 4) is 22.9 Å². The first-order chi connectivity index (χ1) is 9.22. The predicted octanol–water partition coefficient (Wildman–Crippen LogP) is 1.88. The van der Waals surface area contributed by atoms with Gasteiger partial charge in [-0.15, -0.1) is 5.10 Å². The Balaban J connectivity index is 1.80. The van der Waals surface area contributed by atoms with Crippen molar-refractivity contribution in [3.05, 3.63) is 18.2 Å². The maximum Gasteiger partial charge on any atom is 0.231 e. The molecule has 2 heterocycles. The Morgan fingerprint density at radius 1 is 1.42 bits per heavy atom. The summed E-state index contributed by atoms with van der Waals surface area (Å²) in [6.45, 7) is 1.79. The zero-order chi connectivity index (χ0) is 13.2. The fourth-order valence-electron chi connectivity index (χ4n) is 1.65. The third-order valence-corrected chi connectivity index (χ3v) is 3.51. The van der Waals surface area contributed by atoms with Gasteiger partial charge in [0, 0.05) is 5.56 Å². The van der Waals surface area contributed by atoms with Crippen LogP contribution in [0.2, 0.25) is 0 Å². The third kappa shape index (κ3) is 2.55. The number of thioether (sulfide) groups is 1. The summed E-state index contributed by atoms with van der Waals surface area (Å²) in [7, 11) is 0. The summed E-state index contributed by atoms with van der Waals surface area (Å²) in [5.41, 5.74) is 0.867. The van der Waals surface area contributed by atoms with Crippen LogP contribution in [0.4, 0.5) is 0 Å². The standard InChI is InChI=1S/C12H11N3O3S/c1-7(16)5-19-12-13-11(14-15-12)8-2-3-9-10(4-8)18-6-17-9/h2-4H,5-6H2,1H3,(H,13,14,15). The summed E-state index contributed by atoms with van der Waals surface area (Å²) in [5.74, 6) is 2.54. The molecule has 0 saturated carbocycles. The number of nitrogens with zero attached hydrogens (tertiary/aromatic N) is 2. The third-order valence-electron chi connectivity index (χ3n) is 2.52. The molecule has 0 unspecified atom stereocenters. The van der Waals surface area contributed by atoms with Crippen molar-refractivity contribution in [3.63, 3.8) is 0 Å². The second-order valence-corrected chi connectivity index (χ2v) is 4.97. The number of fused-ring (bicyclic) bond motifs is 1. The molecular weight excluding hydrogens is 266 g/mol. The molecule has 0 bridgehead atoms. The summed E-state index contributed by atoms with van der Waals surface area (Å²) >= 11 is 1.31. The Bertz CT molecular complexity index is 626.